The first-order valence-corrected chi connectivity index (χ1v) is 7.69. The molecule has 0 fully saturated rings. The molecule has 0 aromatic carbocycles. The Labute approximate surface area is 133 Å². The van der Waals surface area contributed by atoms with E-state index in [0.29, 0.717) is 0 Å². The van der Waals surface area contributed by atoms with Crippen LogP contribution in [0, 0.1) is 0 Å². The average Bonchev–Trinajstić information content (AvgIpc) is 2.44. The maximum atomic E-state index is 4.77. The molecule has 0 radical (unpaired) electrons. The molecular weight excluding hydrogens is 272 g/mol. The summed E-state index contributed by atoms with van der Waals surface area (Å²) in [6, 6.07) is 6.06. The SMILES string of the molecule is CC(C)(C)c1cc(NCc2ccncc2)nc(C(C)(C)C)n1. The van der Waals surface area contributed by atoms with Gasteiger partial charge in [-0.1, -0.05) is 41.5 Å². The molecule has 0 aliphatic rings. The third kappa shape index (κ3) is 4.26. The lowest BCUT2D eigenvalue weighted by Gasteiger charge is -2.24. The molecule has 0 unspecified atom stereocenters. The molecule has 2 heterocycles. The van der Waals surface area contributed by atoms with Crippen LogP contribution in [-0.4, -0.2) is 15.0 Å². The van der Waals surface area contributed by atoms with Gasteiger partial charge in [-0.3, -0.25) is 4.98 Å². The van der Waals surface area contributed by atoms with Crippen LogP contribution in [0.2, 0.25) is 0 Å². The molecular formula is C18H26N4. The van der Waals surface area contributed by atoms with Crippen molar-refractivity contribution < 1.29 is 0 Å². The highest BCUT2D eigenvalue weighted by Crippen LogP contribution is 2.26. The Morgan fingerprint density at radius 1 is 0.909 bits per heavy atom. The highest BCUT2D eigenvalue weighted by atomic mass is 15.0. The summed E-state index contributed by atoms with van der Waals surface area (Å²) in [7, 11) is 0. The van der Waals surface area contributed by atoms with E-state index in [-0.39, 0.29) is 10.8 Å². The highest BCUT2D eigenvalue weighted by molar-refractivity contribution is 5.39. The number of hydrogen-bond donors (Lipinski definition) is 1. The Hall–Kier alpha value is -1.97. The Kier molecular flexibility index (Phi) is 4.50. The number of pyridine rings is 1. The van der Waals surface area contributed by atoms with Crippen molar-refractivity contribution in [3.05, 3.63) is 47.7 Å². The van der Waals surface area contributed by atoms with Gasteiger partial charge in [0.15, 0.2) is 0 Å². The number of hydrogen-bond acceptors (Lipinski definition) is 4. The smallest absolute Gasteiger partial charge is 0.136 e. The van der Waals surface area contributed by atoms with Crippen LogP contribution in [0.25, 0.3) is 0 Å². The molecule has 2 aromatic heterocycles. The van der Waals surface area contributed by atoms with E-state index in [2.05, 4.69) is 57.9 Å². The van der Waals surface area contributed by atoms with Gasteiger partial charge in [-0.2, -0.15) is 0 Å². The molecule has 0 saturated heterocycles. The van der Waals surface area contributed by atoms with Crippen molar-refractivity contribution in [2.45, 2.75) is 58.9 Å². The number of anilines is 1. The third-order valence-electron chi connectivity index (χ3n) is 3.39. The zero-order chi connectivity index (χ0) is 16.4. The molecule has 2 aromatic rings. The molecule has 4 nitrogen and oxygen atoms in total. The number of aromatic nitrogens is 3. The molecule has 0 amide bonds. The molecule has 0 bridgehead atoms. The van der Waals surface area contributed by atoms with Gasteiger partial charge >= 0.3 is 0 Å². The predicted molar refractivity (Wildman–Crippen MR) is 91.0 cm³/mol. The topological polar surface area (TPSA) is 50.7 Å². The van der Waals surface area contributed by atoms with Crippen LogP contribution in [0.5, 0.6) is 0 Å². The van der Waals surface area contributed by atoms with Crippen molar-refractivity contribution in [3.63, 3.8) is 0 Å². The maximum absolute atomic E-state index is 4.77. The van der Waals surface area contributed by atoms with Crippen molar-refractivity contribution in [1.29, 1.82) is 0 Å². The predicted octanol–water partition coefficient (Wildman–Crippen LogP) is 4.08. The third-order valence-corrected chi connectivity index (χ3v) is 3.39. The molecule has 0 aliphatic carbocycles. The summed E-state index contributed by atoms with van der Waals surface area (Å²) in [6.07, 6.45) is 3.61. The number of nitrogens with zero attached hydrogens (tertiary/aromatic N) is 3. The quantitative estimate of drug-likeness (QED) is 0.927. The van der Waals surface area contributed by atoms with Crippen molar-refractivity contribution >= 4 is 5.82 Å². The van der Waals surface area contributed by atoms with Crippen LogP contribution < -0.4 is 5.32 Å². The first kappa shape index (κ1) is 16.4. The fraction of sp³-hybridized carbons (Fsp3) is 0.500. The molecule has 118 valence electrons. The number of rotatable bonds is 3. The lowest BCUT2D eigenvalue weighted by atomic mass is 9.90. The van der Waals surface area contributed by atoms with E-state index in [0.717, 1.165) is 23.9 Å². The van der Waals surface area contributed by atoms with Crippen LogP contribution in [0.15, 0.2) is 30.6 Å². The van der Waals surface area contributed by atoms with Crippen molar-refractivity contribution in [2.75, 3.05) is 5.32 Å². The summed E-state index contributed by atoms with van der Waals surface area (Å²) >= 11 is 0. The summed E-state index contributed by atoms with van der Waals surface area (Å²) in [6.45, 7) is 13.7. The second-order valence-corrected chi connectivity index (χ2v) is 7.67. The van der Waals surface area contributed by atoms with E-state index in [1.165, 1.54) is 5.56 Å². The molecule has 0 atom stereocenters. The zero-order valence-electron chi connectivity index (χ0n) is 14.4. The largest absolute Gasteiger partial charge is 0.366 e. The normalized spacial score (nSPS) is 12.3. The first-order valence-electron chi connectivity index (χ1n) is 7.69. The van der Waals surface area contributed by atoms with Crippen LogP contribution in [0.3, 0.4) is 0 Å². The first-order chi connectivity index (χ1) is 10.2. The molecule has 4 heteroatoms. The van der Waals surface area contributed by atoms with Crippen LogP contribution in [-0.2, 0) is 17.4 Å². The van der Waals surface area contributed by atoms with E-state index in [9.17, 15) is 0 Å². The summed E-state index contributed by atoms with van der Waals surface area (Å²) in [5, 5.41) is 3.41. The zero-order valence-corrected chi connectivity index (χ0v) is 14.4. The Morgan fingerprint density at radius 3 is 2.09 bits per heavy atom. The minimum absolute atomic E-state index is 0.00393. The fourth-order valence-corrected chi connectivity index (χ4v) is 1.95. The van der Waals surface area contributed by atoms with Crippen LogP contribution >= 0.6 is 0 Å². The van der Waals surface area contributed by atoms with Crippen molar-refractivity contribution in [3.8, 4) is 0 Å². The monoisotopic (exact) mass is 298 g/mol. The lowest BCUT2D eigenvalue weighted by Crippen LogP contribution is -2.22. The minimum atomic E-state index is -0.0750. The molecule has 0 aliphatic heterocycles. The fourth-order valence-electron chi connectivity index (χ4n) is 1.95. The minimum Gasteiger partial charge on any atom is -0.366 e. The van der Waals surface area contributed by atoms with Gasteiger partial charge in [0, 0.05) is 35.8 Å². The van der Waals surface area contributed by atoms with Gasteiger partial charge in [0.2, 0.25) is 0 Å². The Morgan fingerprint density at radius 2 is 1.55 bits per heavy atom. The second kappa shape index (κ2) is 6.03. The molecule has 22 heavy (non-hydrogen) atoms. The Bertz CT molecular complexity index is 590. The summed E-state index contributed by atoms with van der Waals surface area (Å²) < 4.78 is 0. The van der Waals surface area contributed by atoms with Gasteiger partial charge in [-0.25, -0.2) is 9.97 Å². The molecule has 0 saturated carbocycles. The lowest BCUT2D eigenvalue weighted by molar-refractivity contribution is 0.514. The van der Waals surface area contributed by atoms with Crippen molar-refractivity contribution in [1.82, 2.24) is 15.0 Å². The van der Waals surface area contributed by atoms with E-state index in [4.69, 9.17) is 9.97 Å². The second-order valence-electron chi connectivity index (χ2n) is 7.67. The summed E-state index contributed by atoms with van der Waals surface area (Å²) in [4.78, 5) is 13.5. The molecule has 2 rings (SSSR count). The Balaban J connectivity index is 2.30. The van der Waals surface area contributed by atoms with Gasteiger partial charge in [-0.15, -0.1) is 0 Å². The number of nitrogens with one attached hydrogen (secondary N) is 1. The van der Waals surface area contributed by atoms with Crippen LogP contribution in [0.4, 0.5) is 5.82 Å². The maximum Gasteiger partial charge on any atom is 0.136 e. The van der Waals surface area contributed by atoms with E-state index < -0.39 is 0 Å². The van der Waals surface area contributed by atoms with Crippen LogP contribution in [0.1, 0.15) is 58.6 Å². The standard InChI is InChI=1S/C18H26N4/c1-17(2,3)14-11-15(22-16(21-14)18(4,5)6)20-12-13-7-9-19-10-8-13/h7-11H,12H2,1-6H3,(H,20,21,22). The van der Waals surface area contributed by atoms with Crippen molar-refractivity contribution in [2.24, 2.45) is 0 Å². The summed E-state index contributed by atoms with van der Waals surface area (Å²) in [5.41, 5.74) is 2.16. The summed E-state index contributed by atoms with van der Waals surface area (Å²) in [5.74, 6) is 1.75. The molecule has 1 N–H and O–H groups in total. The van der Waals surface area contributed by atoms with Gasteiger partial charge in [0.1, 0.15) is 11.6 Å². The van der Waals surface area contributed by atoms with Gasteiger partial charge < -0.3 is 5.32 Å². The van der Waals surface area contributed by atoms with Gasteiger partial charge in [0.05, 0.1) is 5.69 Å². The highest BCUT2D eigenvalue weighted by Gasteiger charge is 2.23. The van der Waals surface area contributed by atoms with E-state index in [1.807, 2.05) is 12.1 Å². The van der Waals surface area contributed by atoms with Gasteiger partial charge in [0.25, 0.3) is 0 Å². The average molecular weight is 298 g/mol. The molecule has 0 spiro atoms. The van der Waals surface area contributed by atoms with E-state index >= 15 is 0 Å². The van der Waals surface area contributed by atoms with Gasteiger partial charge in [-0.05, 0) is 17.7 Å². The van der Waals surface area contributed by atoms with E-state index in [1.54, 1.807) is 12.4 Å².